The normalized spacial score (nSPS) is 16.4. The number of unbranched alkanes of at least 4 members (excludes halogenated alkanes) is 2. The third-order valence-corrected chi connectivity index (χ3v) is 2.37. The van der Waals surface area contributed by atoms with Crippen molar-refractivity contribution in [2.75, 3.05) is 19.8 Å². The van der Waals surface area contributed by atoms with Gasteiger partial charge in [0.1, 0.15) is 0 Å². The molecule has 1 aliphatic rings. The largest absolute Gasteiger partial charge is 0.381 e. The minimum atomic E-state index is 0.847. The maximum Gasteiger partial charge on any atom is 0.0478 e. The quantitative estimate of drug-likeness (QED) is 0.557. The highest BCUT2D eigenvalue weighted by Gasteiger charge is 2.19. The molecule has 2 heteroatoms. The summed E-state index contributed by atoms with van der Waals surface area (Å²) in [6.45, 7) is 5.25. The van der Waals surface area contributed by atoms with Crippen LogP contribution in [0.5, 0.6) is 0 Å². The summed E-state index contributed by atoms with van der Waals surface area (Å²) in [4.78, 5) is 0. The van der Waals surface area contributed by atoms with Gasteiger partial charge in [0.2, 0.25) is 0 Å². The van der Waals surface area contributed by atoms with Crippen LogP contribution in [0, 0.1) is 0 Å². The molecule has 0 bridgehead atoms. The average Bonchev–Trinajstić information content (AvgIpc) is 2.93. The second-order valence-corrected chi connectivity index (χ2v) is 3.90. The molecule has 1 aliphatic carbocycles. The van der Waals surface area contributed by atoms with Crippen molar-refractivity contribution in [3.63, 3.8) is 0 Å². The number of hydrogen-bond donors (Lipinski definition) is 1. The predicted octanol–water partition coefficient (Wildman–Crippen LogP) is 2.34. The Labute approximate surface area is 82.0 Å². The van der Waals surface area contributed by atoms with Crippen LogP contribution in [0.1, 0.15) is 45.4 Å². The third-order valence-electron chi connectivity index (χ3n) is 2.37. The van der Waals surface area contributed by atoms with Crippen molar-refractivity contribution >= 4 is 0 Å². The molecule has 1 fully saturated rings. The average molecular weight is 185 g/mol. The molecule has 0 aromatic carbocycles. The van der Waals surface area contributed by atoms with Crippen molar-refractivity contribution in [1.29, 1.82) is 0 Å². The van der Waals surface area contributed by atoms with E-state index in [2.05, 4.69) is 12.2 Å². The predicted molar refractivity (Wildman–Crippen MR) is 56.0 cm³/mol. The molecular formula is C11H23NO. The molecule has 0 aromatic rings. The van der Waals surface area contributed by atoms with Crippen LogP contribution < -0.4 is 5.32 Å². The van der Waals surface area contributed by atoms with E-state index in [4.69, 9.17) is 4.74 Å². The van der Waals surface area contributed by atoms with Gasteiger partial charge in [0.25, 0.3) is 0 Å². The van der Waals surface area contributed by atoms with E-state index >= 15 is 0 Å². The zero-order valence-electron chi connectivity index (χ0n) is 8.85. The molecule has 78 valence electrons. The van der Waals surface area contributed by atoms with Crippen LogP contribution >= 0.6 is 0 Å². The van der Waals surface area contributed by atoms with E-state index in [0.717, 1.165) is 25.8 Å². The monoisotopic (exact) mass is 185 g/mol. The fourth-order valence-electron chi connectivity index (χ4n) is 1.32. The number of ether oxygens (including phenoxy) is 1. The van der Waals surface area contributed by atoms with E-state index < -0.39 is 0 Å². The molecule has 1 rings (SSSR count). The fraction of sp³-hybridized carbons (Fsp3) is 1.00. The molecule has 1 N–H and O–H groups in total. The van der Waals surface area contributed by atoms with Gasteiger partial charge >= 0.3 is 0 Å². The summed E-state index contributed by atoms with van der Waals surface area (Å²) >= 11 is 0. The Kier molecular flexibility index (Phi) is 6.21. The SMILES string of the molecule is CCCCCOCCCNC1CC1. The second-order valence-electron chi connectivity index (χ2n) is 3.90. The van der Waals surface area contributed by atoms with E-state index in [1.54, 1.807) is 0 Å². The van der Waals surface area contributed by atoms with Gasteiger partial charge in [0, 0.05) is 19.3 Å². The van der Waals surface area contributed by atoms with E-state index in [0.29, 0.717) is 0 Å². The molecule has 13 heavy (non-hydrogen) atoms. The van der Waals surface area contributed by atoms with Gasteiger partial charge in [-0.15, -0.1) is 0 Å². The molecule has 0 saturated heterocycles. The maximum absolute atomic E-state index is 5.50. The Hall–Kier alpha value is -0.0800. The molecule has 2 nitrogen and oxygen atoms in total. The van der Waals surface area contributed by atoms with Crippen LogP contribution in [0.3, 0.4) is 0 Å². The van der Waals surface area contributed by atoms with E-state index in [1.807, 2.05) is 0 Å². The Bertz CT molecular complexity index is 113. The van der Waals surface area contributed by atoms with Crippen LogP contribution in [-0.4, -0.2) is 25.8 Å². The third kappa shape index (κ3) is 7.03. The van der Waals surface area contributed by atoms with Gasteiger partial charge in [0.15, 0.2) is 0 Å². The van der Waals surface area contributed by atoms with Crippen LogP contribution in [0.4, 0.5) is 0 Å². The summed E-state index contributed by atoms with van der Waals surface area (Å²) in [5.41, 5.74) is 0. The lowest BCUT2D eigenvalue weighted by Crippen LogP contribution is -2.18. The summed E-state index contributed by atoms with van der Waals surface area (Å²) in [6.07, 6.45) is 7.76. The van der Waals surface area contributed by atoms with Crippen LogP contribution in [0.25, 0.3) is 0 Å². The summed E-state index contributed by atoms with van der Waals surface area (Å²) in [5.74, 6) is 0. The van der Waals surface area contributed by atoms with Crippen molar-refractivity contribution in [1.82, 2.24) is 5.32 Å². The standard InChI is InChI=1S/C11H23NO/c1-2-3-4-9-13-10-5-8-12-11-6-7-11/h11-12H,2-10H2,1H3. The Balaban J connectivity index is 1.63. The Morgan fingerprint density at radius 1 is 1.15 bits per heavy atom. The highest BCUT2D eigenvalue weighted by molar-refractivity contribution is 4.80. The second kappa shape index (κ2) is 7.34. The van der Waals surface area contributed by atoms with Crippen molar-refractivity contribution in [2.24, 2.45) is 0 Å². The topological polar surface area (TPSA) is 21.3 Å². The lowest BCUT2D eigenvalue weighted by atomic mass is 10.3. The summed E-state index contributed by atoms with van der Waals surface area (Å²) in [5, 5.41) is 3.48. The fourth-order valence-corrected chi connectivity index (χ4v) is 1.32. The van der Waals surface area contributed by atoms with Gasteiger partial charge in [-0.3, -0.25) is 0 Å². The zero-order valence-corrected chi connectivity index (χ0v) is 8.85. The Morgan fingerprint density at radius 2 is 1.92 bits per heavy atom. The molecule has 0 aliphatic heterocycles. The van der Waals surface area contributed by atoms with Gasteiger partial charge in [-0.05, 0) is 32.2 Å². The molecule has 0 heterocycles. The molecule has 0 radical (unpaired) electrons. The van der Waals surface area contributed by atoms with Crippen LogP contribution in [-0.2, 0) is 4.74 Å². The van der Waals surface area contributed by atoms with Gasteiger partial charge in [0.05, 0.1) is 0 Å². The highest BCUT2D eigenvalue weighted by Crippen LogP contribution is 2.18. The number of nitrogens with one attached hydrogen (secondary N) is 1. The summed E-state index contributed by atoms with van der Waals surface area (Å²) in [6, 6.07) is 0.847. The first kappa shape index (κ1) is 11.0. The first-order valence-electron chi connectivity index (χ1n) is 5.74. The maximum atomic E-state index is 5.50. The Morgan fingerprint density at radius 3 is 2.62 bits per heavy atom. The summed E-state index contributed by atoms with van der Waals surface area (Å²) < 4.78 is 5.50. The van der Waals surface area contributed by atoms with Crippen molar-refractivity contribution in [2.45, 2.75) is 51.5 Å². The van der Waals surface area contributed by atoms with Gasteiger partial charge in [-0.1, -0.05) is 19.8 Å². The minimum Gasteiger partial charge on any atom is -0.381 e. The van der Waals surface area contributed by atoms with Crippen LogP contribution in [0.15, 0.2) is 0 Å². The molecule has 0 aromatic heterocycles. The van der Waals surface area contributed by atoms with E-state index in [9.17, 15) is 0 Å². The first-order chi connectivity index (χ1) is 6.43. The lowest BCUT2D eigenvalue weighted by molar-refractivity contribution is 0.127. The summed E-state index contributed by atoms with van der Waals surface area (Å²) in [7, 11) is 0. The van der Waals surface area contributed by atoms with Crippen molar-refractivity contribution < 1.29 is 4.74 Å². The van der Waals surface area contributed by atoms with Gasteiger partial charge < -0.3 is 10.1 Å². The molecule has 0 unspecified atom stereocenters. The molecular weight excluding hydrogens is 162 g/mol. The molecule has 0 atom stereocenters. The lowest BCUT2D eigenvalue weighted by Gasteiger charge is -2.04. The number of rotatable bonds is 9. The zero-order chi connectivity index (χ0) is 9.36. The van der Waals surface area contributed by atoms with Gasteiger partial charge in [-0.2, -0.15) is 0 Å². The molecule has 0 spiro atoms. The first-order valence-corrected chi connectivity index (χ1v) is 5.74. The minimum absolute atomic E-state index is 0.847. The van der Waals surface area contributed by atoms with Crippen LogP contribution in [0.2, 0.25) is 0 Å². The van der Waals surface area contributed by atoms with E-state index in [-0.39, 0.29) is 0 Å². The molecule has 1 saturated carbocycles. The van der Waals surface area contributed by atoms with Crippen molar-refractivity contribution in [3.8, 4) is 0 Å². The van der Waals surface area contributed by atoms with Crippen molar-refractivity contribution in [3.05, 3.63) is 0 Å². The smallest absolute Gasteiger partial charge is 0.0478 e. The van der Waals surface area contributed by atoms with E-state index in [1.165, 1.54) is 38.5 Å². The van der Waals surface area contributed by atoms with Gasteiger partial charge in [-0.25, -0.2) is 0 Å². The number of hydrogen-bond acceptors (Lipinski definition) is 2. The molecule has 0 amide bonds. The highest BCUT2D eigenvalue weighted by atomic mass is 16.5.